The smallest absolute Gasteiger partial charge is 0.171 e. The molecule has 2 saturated heterocycles. The van der Waals surface area contributed by atoms with Crippen LogP contribution in [0.3, 0.4) is 0 Å². The Hall–Kier alpha value is -0.420. The molecule has 0 aromatic rings. The van der Waals surface area contributed by atoms with E-state index >= 15 is 0 Å². The number of aliphatic hydroxyl groups is 2. The molecule has 0 unspecified atom stereocenters. The van der Waals surface area contributed by atoms with Gasteiger partial charge in [0.15, 0.2) is 5.79 Å². The van der Waals surface area contributed by atoms with Crippen LogP contribution in [-0.2, 0) is 9.47 Å². The zero-order chi connectivity index (χ0) is 21.8. The van der Waals surface area contributed by atoms with E-state index in [1.54, 1.807) is 0 Å². The molecule has 12 atom stereocenters. The molecule has 0 amide bonds. The van der Waals surface area contributed by atoms with Gasteiger partial charge in [-0.25, -0.2) is 0 Å². The molecule has 2 N–H and O–H groups in total. The molecule has 174 valence electrons. The van der Waals surface area contributed by atoms with E-state index in [9.17, 15) is 10.2 Å². The van der Waals surface area contributed by atoms with Crippen molar-refractivity contribution < 1.29 is 19.7 Å². The van der Waals surface area contributed by atoms with Crippen molar-refractivity contribution in [1.82, 2.24) is 0 Å². The Kier molecular flexibility index (Phi) is 4.64. The van der Waals surface area contributed by atoms with Gasteiger partial charge in [0.2, 0.25) is 0 Å². The summed E-state index contributed by atoms with van der Waals surface area (Å²) in [5, 5.41) is 21.4. The van der Waals surface area contributed by atoms with Gasteiger partial charge in [-0.05, 0) is 73.5 Å². The van der Waals surface area contributed by atoms with Crippen molar-refractivity contribution in [3.63, 3.8) is 0 Å². The monoisotopic (exact) mass is 430 g/mol. The number of fused-ring (bicyclic) bond motifs is 7. The number of hydrogen-bond donors (Lipinski definition) is 2. The minimum atomic E-state index is -0.420. The van der Waals surface area contributed by atoms with E-state index < -0.39 is 6.10 Å². The van der Waals surface area contributed by atoms with Gasteiger partial charge in [-0.2, -0.15) is 0 Å². The van der Waals surface area contributed by atoms with Gasteiger partial charge in [0.25, 0.3) is 0 Å². The molecular formula is C27H42O4. The van der Waals surface area contributed by atoms with E-state index in [0.29, 0.717) is 53.4 Å². The fourth-order valence-corrected chi connectivity index (χ4v) is 9.72. The first-order chi connectivity index (χ1) is 14.7. The van der Waals surface area contributed by atoms with Gasteiger partial charge in [-0.15, -0.1) is 0 Å². The van der Waals surface area contributed by atoms with Crippen LogP contribution in [0.2, 0.25) is 0 Å². The van der Waals surface area contributed by atoms with E-state index in [-0.39, 0.29) is 17.3 Å². The van der Waals surface area contributed by atoms with Crippen LogP contribution in [0.1, 0.15) is 79.1 Å². The second kappa shape index (κ2) is 6.81. The normalized spacial score (nSPS) is 60.7. The second-order valence-corrected chi connectivity index (χ2v) is 12.8. The lowest BCUT2D eigenvalue weighted by molar-refractivity contribution is -0.272. The first kappa shape index (κ1) is 21.1. The third kappa shape index (κ3) is 2.68. The van der Waals surface area contributed by atoms with Gasteiger partial charge in [0.1, 0.15) is 0 Å². The average molecular weight is 431 g/mol. The van der Waals surface area contributed by atoms with Crippen molar-refractivity contribution in [3.05, 3.63) is 11.6 Å². The summed E-state index contributed by atoms with van der Waals surface area (Å²) in [5.74, 6) is 3.17. The molecule has 4 nitrogen and oxygen atoms in total. The maximum Gasteiger partial charge on any atom is 0.171 e. The van der Waals surface area contributed by atoms with Crippen LogP contribution in [0, 0.1) is 46.3 Å². The zero-order valence-electron chi connectivity index (χ0n) is 19.8. The van der Waals surface area contributed by atoms with Gasteiger partial charge >= 0.3 is 0 Å². The predicted molar refractivity (Wildman–Crippen MR) is 119 cm³/mol. The molecule has 1 spiro atoms. The third-order valence-corrected chi connectivity index (χ3v) is 11.4. The highest BCUT2D eigenvalue weighted by molar-refractivity contribution is 5.28. The summed E-state index contributed by atoms with van der Waals surface area (Å²) in [6.45, 7) is 10.4. The fraction of sp³-hybridized carbons (Fsp3) is 0.926. The number of hydrogen-bond acceptors (Lipinski definition) is 4. The summed E-state index contributed by atoms with van der Waals surface area (Å²) in [6, 6.07) is 0. The van der Waals surface area contributed by atoms with Gasteiger partial charge in [0, 0.05) is 24.2 Å². The Morgan fingerprint density at radius 3 is 2.58 bits per heavy atom. The number of rotatable bonds is 0. The van der Waals surface area contributed by atoms with Crippen LogP contribution < -0.4 is 0 Å². The quantitative estimate of drug-likeness (QED) is 0.548. The predicted octanol–water partition coefficient (Wildman–Crippen LogP) is 4.68. The van der Waals surface area contributed by atoms with E-state index in [1.807, 2.05) is 0 Å². The number of allylic oxidation sites excluding steroid dienone is 1. The maximum atomic E-state index is 11.1. The molecule has 6 aliphatic rings. The van der Waals surface area contributed by atoms with Crippen LogP contribution in [0.15, 0.2) is 11.6 Å². The largest absolute Gasteiger partial charge is 0.393 e. The summed E-state index contributed by atoms with van der Waals surface area (Å²) in [4.78, 5) is 0. The molecule has 5 fully saturated rings. The van der Waals surface area contributed by atoms with Gasteiger partial charge in [0.05, 0.1) is 24.9 Å². The topological polar surface area (TPSA) is 58.9 Å². The molecule has 0 radical (unpaired) electrons. The lowest BCUT2D eigenvalue weighted by atomic mass is 9.46. The van der Waals surface area contributed by atoms with E-state index in [2.05, 4.69) is 33.8 Å². The summed E-state index contributed by atoms with van der Waals surface area (Å²) in [7, 11) is 0. The summed E-state index contributed by atoms with van der Waals surface area (Å²) in [5.41, 5.74) is 1.48. The van der Waals surface area contributed by atoms with Crippen LogP contribution in [0.5, 0.6) is 0 Å². The van der Waals surface area contributed by atoms with Crippen molar-refractivity contribution in [3.8, 4) is 0 Å². The Morgan fingerprint density at radius 2 is 1.84 bits per heavy atom. The minimum Gasteiger partial charge on any atom is -0.393 e. The Balaban J connectivity index is 1.29. The fourth-order valence-electron chi connectivity index (χ4n) is 9.72. The third-order valence-electron chi connectivity index (χ3n) is 11.4. The highest BCUT2D eigenvalue weighted by atomic mass is 16.7. The van der Waals surface area contributed by atoms with Crippen molar-refractivity contribution in [2.45, 2.75) is 103 Å². The lowest BCUT2D eigenvalue weighted by Crippen LogP contribution is -2.56. The number of aliphatic hydroxyl groups excluding tert-OH is 2. The van der Waals surface area contributed by atoms with Crippen molar-refractivity contribution in [2.24, 2.45) is 46.3 Å². The SMILES string of the molecule is C[C@H]1CC[C@@]2(OC1)O[C@H]1C[C@H]3[C@@H]4CC=C5C[C@@H](O)C[C@@H](O)[C@]5(C)[C@H]4CC[C@]3(C)[C@@H]1[C@@H]2C. The molecule has 4 aliphatic carbocycles. The molecule has 4 heteroatoms. The zero-order valence-corrected chi connectivity index (χ0v) is 19.8. The van der Waals surface area contributed by atoms with E-state index in [4.69, 9.17) is 9.47 Å². The summed E-state index contributed by atoms with van der Waals surface area (Å²) < 4.78 is 13.3. The number of ether oxygens (including phenoxy) is 2. The Bertz CT molecular complexity index is 769. The minimum absolute atomic E-state index is 0.155. The van der Waals surface area contributed by atoms with Crippen molar-refractivity contribution in [1.29, 1.82) is 0 Å². The molecule has 0 aromatic heterocycles. The molecule has 3 saturated carbocycles. The molecule has 2 aliphatic heterocycles. The Labute approximate surface area is 187 Å². The van der Waals surface area contributed by atoms with E-state index in [1.165, 1.54) is 24.8 Å². The lowest BCUT2D eigenvalue weighted by Gasteiger charge is -2.59. The highest BCUT2D eigenvalue weighted by Gasteiger charge is 2.69. The van der Waals surface area contributed by atoms with Gasteiger partial charge < -0.3 is 19.7 Å². The molecule has 0 bridgehead atoms. The molecule has 6 rings (SSSR count). The van der Waals surface area contributed by atoms with Crippen LogP contribution in [0.4, 0.5) is 0 Å². The van der Waals surface area contributed by atoms with Crippen LogP contribution in [-0.4, -0.2) is 40.9 Å². The van der Waals surface area contributed by atoms with Crippen LogP contribution >= 0.6 is 0 Å². The van der Waals surface area contributed by atoms with Crippen molar-refractivity contribution in [2.75, 3.05) is 6.61 Å². The van der Waals surface area contributed by atoms with Crippen molar-refractivity contribution >= 4 is 0 Å². The molecule has 2 heterocycles. The summed E-state index contributed by atoms with van der Waals surface area (Å²) in [6.07, 6.45) is 10.2. The van der Waals surface area contributed by atoms with Crippen LogP contribution in [0.25, 0.3) is 0 Å². The Morgan fingerprint density at radius 1 is 1.03 bits per heavy atom. The first-order valence-electron chi connectivity index (χ1n) is 13.1. The van der Waals surface area contributed by atoms with E-state index in [0.717, 1.165) is 32.3 Å². The maximum absolute atomic E-state index is 11.1. The highest BCUT2D eigenvalue weighted by Crippen LogP contribution is 2.70. The second-order valence-electron chi connectivity index (χ2n) is 12.8. The summed E-state index contributed by atoms with van der Waals surface area (Å²) >= 11 is 0. The molecule has 0 aromatic carbocycles. The molecule has 31 heavy (non-hydrogen) atoms. The van der Waals surface area contributed by atoms with Gasteiger partial charge in [-0.1, -0.05) is 39.3 Å². The molecular weight excluding hydrogens is 388 g/mol. The standard InChI is InChI=1S/C27H42O4/c1-15-7-10-27(30-14-15)16(2)24-22(31-27)13-21-19-6-5-17-11-18(28)12-23(29)26(17,4)20(19)8-9-25(21,24)3/h5,15-16,18-24,28-29H,6-14H2,1-4H3/t15-,16-,18+,19+,20-,21-,22-,23+,24+,25-,26-,27+/m0/s1. The van der Waals surface area contributed by atoms with Gasteiger partial charge in [-0.3, -0.25) is 0 Å². The first-order valence-corrected chi connectivity index (χ1v) is 13.1. The average Bonchev–Trinajstić information content (AvgIpc) is 3.16.